The third-order valence-corrected chi connectivity index (χ3v) is 3.23. The van der Waals surface area contributed by atoms with E-state index in [1.54, 1.807) is 6.07 Å². The van der Waals surface area contributed by atoms with Crippen LogP contribution in [0, 0.1) is 6.92 Å². The molecule has 5 nitrogen and oxygen atoms in total. The highest BCUT2D eigenvalue weighted by Gasteiger charge is 2.04. The van der Waals surface area contributed by atoms with Gasteiger partial charge in [0, 0.05) is 23.9 Å². The molecule has 21 heavy (non-hydrogen) atoms. The average Bonchev–Trinajstić information content (AvgIpc) is 2.41. The summed E-state index contributed by atoms with van der Waals surface area (Å²) in [5, 5.41) is 9.42. The molecule has 0 aliphatic rings. The third kappa shape index (κ3) is 4.34. The topological polar surface area (TPSA) is 76.7 Å². The van der Waals surface area contributed by atoms with Crippen molar-refractivity contribution < 1.29 is 19.1 Å². The molecule has 0 atom stereocenters. The van der Waals surface area contributed by atoms with Crippen molar-refractivity contribution in [1.29, 1.82) is 0 Å². The van der Waals surface area contributed by atoms with Crippen molar-refractivity contribution >= 4 is 16.9 Å². The van der Waals surface area contributed by atoms with Crippen LogP contribution in [0.15, 0.2) is 33.5 Å². The number of rotatable bonds is 7. The van der Waals surface area contributed by atoms with Crippen LogP contribution in [0.25, 0.3) is 11.0 Å². The molecule has 0 amide bonds. The minimum absolute atomic E-state index is 0.195. The molecule has 2 aromatic rings. The van der Waals surface area contributed by atoms with Crippen molar-refractivity contribution in [1.82, 2.24) is 0 Å². The Morgan fingerprint density at radius 3 is 2.81 bits per heavy atom. The molecule has 0 bridgehead atoms. The molecule has 1 aromatic heterocycles. The molecule has 0 aliphatic heterocycles. The fourth-order valence-corrected chi connectivity index (χ4v) is 2.14. The van der Waals surface area contributed by atoms with Gasteiger partial charge in [0.15, 0.2) is 0 Å². The molecule has 0 spiro atoms. The highest BCUT2D eigenvalue weighted by molar-refractivity contribution is 5.81. The molecule has 1 aromatic carbocycles. The molecule has 2 rings (SSSR count). The van der Waals surface area contributed by atoms with Crippen molar-refractivity contribution in [2.45, 2.75) is 32.6 Å². The maximum atomic E-state index is 11.3. The molecule has 0 radical (unpaired) electrons. The maximum absolute atomic E-state index is 11.3. The van der Waals surface area contributed by atoms with E-state index < -0.39 is 5.97 Å². The van der Waals surface area contributed by atoms with Crippen molar-refractivity contribution in [3.63, 3.8) is 0 Å². The monoisotopic (exact) mass is 290 g/mol. The van der Waals surface area contributed by atoms with Gasteiger partial charge < -0.3 is 14.3 Å². The SMILES string of the molecule is Cc1cc(=O)oc2cc(OCCCCCC(=O)O)ccc12. The summed E-state index contributed by atoms with van der Waals surface area (Å²) in [5.41, 5.74) is 1.02. The lowest BCUT2D eigenvalue weighted by molar-refractivity contribution is -0.137. The van der Waals surface area contributed by atoms with E-state index in [-0.39, 0.29) is 12.0 Å². The molecule has 1 N–H and O–H groups in total. The van der Waals surface area contributed by atoms with E-state index in [1.165, 1.54) is 6.07 Å². The Labute approximate surface area is 122 Å². The van der Waals surface area contributed by atoms with Crippen LogP contribution in [0.4, 0.5) is 0 Å². The van der Waals surface area contributed by atoms with Crippen LogP contribution in [-0.2, 0) is 4.79 Å². The molecule has 0 saturated heterocycles. The zero-order valence-electron chi connectivity index (χ0n) is 11.9. The summed E-state index contributed by atoms with van der Waals surface area (Å²) < 4.78 is 10.7. The highest BCUT2D eigenvalue weighted by Crippen LogP contribution is 2.22. The number of carbonyl (C=O) groups is 1. The molecule has 0 fully saturated rings. The van der Waals surface area contributed by atoms with Gasteiger partial charge in [0.05, 0.1) is 6.61 Å². The standard InChI is InChI=1S/C16H18O5/c1-11-9-16(19)21-14-10-12(6-7-13(11)14)20-8-4-2-3-5-15(17)18/h6-7,9-10H,2-5,8H2,1H3,(H,17,18). The van der Waals surface area contributed by atoms with E-state index in [0.29, 0.717) is 24.4 Å². The van der Waals surface area contributed by atoms with Crippen LogP contribution in [0.2, 0.25) is 0 Å². The number of unbranched alkanes of at least 4 members (excludes halogenated alkanes) is 2. The van der Waals surface area contributed by atoms with Gasteiger partial charge in [-0.15, -0.1) is 0 Å². The fourth-order valence-electron chi connectivity index (χ4n) is 2.14. The summed E-state index contributed by atoms with van der Waals surface area (Å²) >= 11 is 0. The van der Waals surface area contributed by atoms with E-state index >= 15 is 0 Å². The molecule has 0 unspecified atom stereocenters. The second kappa shape index (κ2) is 6.92. The third-order valence-electron chi connectivity index (χ3n) is 3.23. The first-order chi connectivity index (χ1) is 10.1. The van der Waals surface area contributed by atoms with Crippen LogP contribution in [0.1, 0.15) is 31.2 Å². The Balaban J connectivity index is 1.91. The summed E-state index contributed by atoms with van der Waals surface area (Å²) in [7, 11) is 0. The minimum Gasteiger partial charge on any atom is -0.493 e. The van der Waals surface area contributed by atoms with E-state index in [1.807, 2.05) is 19.1 Å². The lowest BCUT2D eigenvalue weighted by Crippen LogP contribution is -2.00. The summed E-state index contributed by atoms with van der Waals surface area (Å²) in [6, 6.07) is 6.88. The van der Waals surface area contributed by atoms with Crippen molar-refractivity contribution in [2.24, 2.45) is 0 Å². The quantitative estimate of drug-likeness (QED) is 0.626. The predicted molar refractivity (Wildman–Crippen MR) is 78.8 cm³/mol. The fraction of sp³-hybridized carbons (Fsp3) is 0.375. The Morgan fingerprint density at radius 2 is 2.05 bits per heavy atom. The summed E-state index contributed by atoms with van der Waals surface area (Å²) in [4.78, 5) is 21.7. The van der Waals surface area contributed by atoms with E-state index in [2.05, 4.69) is 0 Å². The number of carboxylic acids is 1. The summed E-state index contributed by atoms with van der Waals surface area (Å²) in [5.74, 6) is -0.120. The number of aliphatic carboxylic acids is 1. The van der Waals surface area contributed by atoms with Crippen molar-refractivity contribution in [3.8, 4) is 5.75 Å². The van der Waals surface area contributed by atoms with E-state index in [9.17, 15) is 9.59 Å². The lowest BCUT2D eigenvalue weighted by atomic mass is 10.1. The largest absolute Gasteiger partial charge is 0.493 e. The average molecular weight is 290 g/mol. The zero-order valence-corrected chi connectivity index (χ0v) is 11.9. The van der Waals surface area contributed by atoms with Gasteiger partial charge >= 0.3 is 11.6 Å². The first kappa shape index (κ1) is 15.1. The number of hydrogen-bond donors (Lipinski definition) is 1. The van der Waals surface area contributed by atoms with Crippen molar-refractivity contribution in [3.05, 3.63) is 40.2 Å². The van der Waals surface area contributed by atoms with Crippen LogP contribution in [0.5, 0.6) is 5.75 Å². The molecule has 0 saturated carbocycles. The number of ether oxygens (including phenoxy) is 1. The van der Waals surface area contributed by atoms with Gasteiger partial charge in [-0.3, -0.25) is 4.79 Å². The number of benzene rings is 1. The van der Waals surface area contributed by atoms with Gasteiger partial charge in [0.1, 0.15) is 11.3 Å². The Hall–Kier alpha value is -2.30. The van der Waals surface area contributed by atoms with Crippen LogP contribution >= 0.6 is 0 Å². The first-order valence-electron chi connectivity index (χ1n) is 6.95. The second-order valence-corrected chi connectivity index (χ2v) is 4.96. The van der Waals surface area contributed by atoms with Gasteiger partial charge in [0.2, 0.25) is 0 Å². The van der Waals surface area contributed by atoms with E-state index in [4.69, 9.17) is 14.3 Å². The van der Waals surface area contributed by atoms with E-state index in [0.717, 1.165) is 23.8 Å². The molecule has 112 valence electrons. The van der Waals surface area contributed by atoms with Crippen molar-refractivity contribution in [2.75, 3.05) is 6.61 Å². The number of carboxylic acid groups (broad SMARTS) is 1. The number of fused-ring (bicyclic) bond motifs is 1. The smallest absolute Gasteiger partial charge is 0.336 e. The second-order valence-electron chi connectivity index (χ2n) is 4.96. The lowest BCUT2D eigenvalue weighted by Gasteiger charge is -2.07. The Morgan fingerprint density at radius 1 is 1.24 bits per heavy atom. The minimum atomic E-state index is -0.768. The summed E-state index contributed by atoms with van der Waals surface area (Å²) in [6.45, 7) is 2.38. The molecule has 0 aliphatic carbocycles. The normalized spacial score (nSPS) is 10.7. The van der Waals surface area contributed by atoms with Gasteiger partial charge in [-0.2, -0.15) is 0 Å². The highest BCUT2D eigenvalue weighted by atomic mass is 16.5. The molecule has 5 heteroatoms. The zero-order chi connectivity index (χ0) is 15.2. The maximum Gasteiger partial charge on any atom is 0.336 e. The van der Waals surface area contributed by atoms with Crippen LogP contribution in [-0.4, -0.2) is 17.7 Å². The van der Waals surface area contributed by atoms with Gasteiger partial charge in [0.25, 0.3) is 0 Å². The molecule has 1 heterocycles. The molecular formula is C16H18O5. The van der Waals surface area contributed by atoms with Crippen LogP contribution < -0.4 is 10.4 Å². The first-order valence-corrected chi connectivity index (χ1v) is 6.95. The summed E-state index contributed by atoms with van der Waals surface area (Å²) in [6.07, 6.45) is 2.46. The van der Waals surface area contributed by atoms with Gasteiger partial charge in [-0.1, -0.05) is 0 Å². The Kier molecular flexibility index (Phi) is 4.98. The molecular weight excluding hydrogens is 272 g/mol. The van der Waals surface area contributed by atoms with Gasteiger partial charge in [-0.05, 0) is 43.9 Å². The predicted octanol–water partition coefficient (Wildman–Crippen LogP) is 3.13. The Bertz CT molecular complexity index is 687. The van der Waals surface area contributed by atoms with Crippen LogP contribution in [0.3, 0.4) is 0 Å². The number of hydrogen-bond acceptors (Lipinski definition) is 4. The van der Waals surface area contributed by atoms with Gasteiger partial charge in [-0.25, -0.2) is 4.79 Å². The number of aryl methyl sites for hydroxylation is 1.